The standard InChI is InChI=1S/C9H13F2N/c1-7(2,3)8(4-5-8)9(10,11)6-12/h4-5H2,1-3H3. The van der Waals surface area contributed by atoms with Gasteiger partial charge in [0, 0.05) is 0 Å². The number of halogens is 2. The molecule has 1 aliphatic carbocycles. The quantitative estimate of drug-likeness (QED) is 0.598. The van der Waals surface area contributed by atoms with Crippen LogP contribution < -0.4 is 0 Å². The van der Waals surface area contributed by atoms with Crippen LogP contribution in [0.4, 0.5) is 8.78 Å². The zero-order chi connectivity index (χ0) is 9.62. The van der Waals surface area contributed by atoms with Crippen molar-refractivity contribution in [3.8, 4) is 6.07 Å². The van der Waals surface area contributed by atoms with E-state index in [-0.39, 0.29) is 0 Å². The second-order valence-electron chi connectivity index (χ2n) is 4.52. The van der Waals surface area contributed by atoms with Gasteiger partial charge in [0.05, 0.1) is 5.41 Å². The van der Waals surface area contributed by atoms with Gasteiger partial charge in [-0.1, -0.05) is 20.8 Å². The molecule has 0 aromatic heterocycles. The molecular formula is C9H13F2N. The van der Waals surface area contributed by atoms with Gasteiger partial charge in [0.2, 0.25) is 0 Å². The Balaban J connectivity index is 2.97. The fourth-order valence-corrected chi connectivity index (χ4v) is 1.77. The van der Waals surface area contributed by atoms with E-state index in [2.05, 4.69) is 0 Å². The molecule has 0 aromatic rings. The average molecular weight is 173 g/mol. The van der Waals surface area contributed by atoms with E-state index >= 15 is 0 Å². The van der Waals surface area contributed by atoms with E-state index < -0.39 is 16.8 Å². The topological polar surface area (TPSA) is 23.8 Å². The SMILES string of the molecule is CC(C)(C)C1(C(F)(F)C#N)CC1. The van der Waals surface area contributed by atoms with Crippen LogP contribution in [0, 0.1) is 22.2 Å². The molecule has 68 valence electrons. The Morgan fingerprint density at radius 3 is 1.75 bits per heavy atom. The van der Waals surface area contributed by atoms with Crippen LogP contribution in [0.3, 0.4) is 0 Å². The summed E-state index contributed by atoms with van der Waals surface area (Å²) in [7, 11) is 0. The number of hydrogen-bond donors (Lipinski definition) is 0. The molecule has 0 unspecified atom stereocenters. The van der Waals surface area contributed by atoms with Gasteiger partial charge in [-0.05, 0) is 18.3 Å². The van der Waals surface area contributed by atoms with Gasteiger partial charge in [-0.3, -0.25) is 0 Å². The lowest BCUT2D eigenvalue weighted by molar-refractivity contribution is -0.0680. The van der Waals surface area contributed by atoms with E-state index in [1.54, 1.807) is 20.8 Å². The van der Waals surface area contributed by atoms with E-state index in [1.165, 1.54) is 0 Å². The monoisotopic (exact) mass is 173 g/mol. The lowest BCUT2D eigenvalue weighted by Gasteiger charge is -2.33. The summed E-state index contributed by atoms with van der Waals surface area (Å²) in [5.41, 5.74) is -1.54. The van der Waals surface area contributed by atoms with E-state index in [9.17, 15) is 8.78 Å². The molecule has 0 heterocycles. The van der Waals surface area contributed by atoms with E-state index in [0.29, 0.717) is 12.8 Å². The van der Waals surface area contributed by atoms with Gasteiger partial charge in [0.15, 0.2) is 0 Å². The van der Waals surface area contributed by atoms with E-state index in [0.717, 1.165) is 6.07 Å². The average Bonchev–Trinajstić information content (AvgIpc) is 2.63. The molecule has 0 amide bonds. The van der Waals surface area contributed by atoms with Gasteiger partial charge in [0.1, 0.15) is 6.07 Å². The molecule has 0 aromatic carbocycles. The van der Waals surface area contributed by atoms with Gasteiger partial charge < -0.3 is 0 Å². The Morgan fingerprint density at radius 1 is 1.25 bits per heavy atom. The molecule has 0 saturated heterocycles. The number of rotatable bonds is 1. The molecule has 0 aliphatic heterocycles. The van der Waals surface area contributed by atoms with Gasteiger partial charge in [0.25, 0.3) is 0 Å². The third-order valence-corrected chi connectivity index (χ3v) is 2.93. The molecule has 0 spiro atoms. The van der Waals surface area contributed by atoms with Crippen molar-refractivity contribution in [2.45, 2.75) is 39.5 Å². The zero-order valence-electron chi connectivity index (χ0n) is 7.62. The Morgan fingerprint density at radius 2 is 1.67 bits per heavy atom. The van der Waals surface area contributed by atoms with Crippen LogP contribution in [0.25, 0.3) is 0 Å². The molecule has 0 N–H and O–H groups in total. The van der Waals surface area contributed by atoms with Crippen molar-refractivity contribution in [2.24, 2.45) is 10.8 Å². The van der Waals surface area contributed by atoms with E-state index in [1.807, 2.05) is 0 Å². The predicted octanol–water partition coefficient (Wildman–Crippen LogP) is 2.97. The highest BCUT2D eigenvalue weighted by atomic mass is 19.3. The first-order chi connectivity index (χ1) is 5.27. The van der Waals surface area contributed by atoms with Crippen LogP contribution in [0.2, 0.25) is 0 Å². The van der Waals surface area contributed by atoms with Crippen molar-refractivity contribution in [1.82, 2.24) is 0 Å². The summed E-state index contributed by atoms with van der Waals surface area (Å²) >= 11 is 0. The van der Waals surface area contributed by atoms with Crippen LogP contribution in [-0.4, -0.2) is 5.92 Å². The lowest BCUT2D eigenvalue weighted by atomic mass is 9.74. The minimum atomic E-state index is -3.16. The predicted molar refractivity (Wildman–Crippen MR) is 41.7 cm³/mol. The molecule has 1 rings (SSSR count). The smallest absolute Gasteiger partial charge is 0.192 e. The zero-order valence-corrected chi connectivity index (χ0v) is 7.62. The first-order valence-corrected chi connectivity index (χ1v) is 4.06. The minimum absolute atomic E-state index is 0.469. The second kappa shape index (κ2) is 2.18. The van der Waals surface area contributed by atoms with Crippen LogP contribution in [-0.2, 0) is 0 Å². The summed E-state index contributed by atoms with van der Waals surface area (Å²) in [6, 6.07) is 1.12. The maximum absolute atomic E-state index is 13.1. The fourth-order valence-electron chi connectivity index (χ4n) is 1.77. The molecule has 1 fully saturated rings. The van der Waals surface area contributed by atoms with Crippen molar-refractivity contribution in [2.75, 3.05) is 0 Å². The Labute approximate surface area is 71.4 Å². The molecule has 1 nitrogen and oxygen atoms in total. The molecular weight excluding hydrogens is 160 g/mol. The van der Waals surface area contributed by atoms with Crippen LogP contribution >= 0.6 is 0 Å². The number of nitrogens with zero attached hydrogens (tertiary/aromatic N) is 1. The van der Waals surface area contributed by atoms with Crippen molar-refractivity contribution in [3.05, 3.63) is 0 Å². The van der Waals surface area contributed by atoms with Gasteiger partial charge in [-0.2, -0.15) is 14.0 Å². The third-order valence-electron chi connectivity index (χ3n) is 2.93. The highest BCUT2D eigenvalue weighted by Gasteiger charge is 2.68. The van der Waals surface area contributed by atoms with Crippen molar-refractivity contribution >= 4 is 0 Å². The number of alkyl halides is 2. The molecule has 0 bridgehead atoms. The molecule has 0 atom stereocenters. The van der Waals surface area contributed by atoms with Crippen molar-refractivity contribution < 1.29 is 8.78 Å². The molecule has 12 heavy (non-hydrogen) atoms. The Bertz CT molecular complexity index is 228. The molecule has 0 radical (unpaired) electrons. The van der Waals surface area contributed by atoms with Crippen LogP contribution in [0.5, 0.6) is 0 Å². The van der Waals surface area contributed by atoms with Crippen molar-refractivity contribution in [3.63, 3.8) is 0 Å². The summed E-state index contributed by atoms with van der Waals surface area (Å²) in [4.78, 5) is 0. The van der Waals surface area contributed by atoms with Crippen LogP contribution in [0.15, 0.2) is 0 Å². The summed E-state index contributed by atoms with van der Waals surface area (Å²) in [6.45, 7) is 5.31. The summed E-state index contributed by atoms with van der Waals surface area (Å²) < 4.78 is 26.3. The maximum Gasteiger partial charge on any atom is 0.337 e. The highest BCUT2D eigenvalue weighted by Crippen LogP contribution is 2.66. The summed E-state index contributed by atoms with van der Waals surface area (Å²) in [5, 5.41) is 8.33. The summed E-state index contributed by atoms with van der Waals surface area (Å²) in [5.74, 6) is -3.16. The molecule has 3 heteroatoms. The Kier molecular flexibility index (Phi) is 1.72. The van der Waals surface area contributed by atoms with Crippen LogP contribution in [0.1, 0.15) is 33.6 Å². The van der Waals surface area contributed by atoms with Gasteiger partial charge in [-0.15, -0.1) is 0 Å². The Hall–Kier alpha value is -0.650. The molecule has 1 saturated carbocycles. The minimum Gasteiger partial charge on any atom is -0.192 e. The number of hydrogen-bond acceptors (Lipinski definition) is 1. The fraction of sp³-hybridized carbons (Fsp3) is 0.889. The second-order valence-corrected chi connectivity index (χ2v) is 4.52. The van der Waals surface area contributed by atoms with E-state index in [4.69, 9.17) is 5.26 Å². The molecule has 1 aliphatic rings. The van der Waals surface area contributed by atoms with Gasteiger partial charge in [-0.25, -0.2) is 0 Å². The lowest BCUT2D eigenvalue weighted by Crippen LogP contribution is -2.38. The summed E-state index contributed by atoms with van der Waals surface area (Å²) in [6.07, 6.45) is 0.939. The number of nitriles is 1. The van der Waals surface area contributed by atoms with Gasteiger partial charge >= 0.3 is 5.92 Å². The highest BCUT2D eigenvalue weighted by molar-refractivity contribution is 5.17. The van der Waals surface area contributed by atoms with Crippen molar-refractivity contribution in [1.29, 1.82) is 5.26 Å². The first kappa shape index (κ1) is 9.44. The first-order valence-electron chi connectivity index (χ1n) is 4.06. The maximum atomic E-state index is 13.1. The normalized spacial score (nSPS) is 21.7. The largest absolute Gasteiger partial charge is 0.337 e. The third kappa shape index (κ3) is 1.01.